The standard InChI is InChI=1S/C13H12BrNO4S2/c1-8(9-3-2-4-10(14)5-9)15-21(18,19)11-6-12(13(16)17)20-7-11/h2-8,15H,1H3,(H,16,17). The fourth-order valence-electron chi connectivity index (χ4n) is 1.72. The Morgan fingerprint density at radius 1 is 1.38 bits per heavy atom. The topological polar surface area (TPSA) is 83.5 Å². The number of benzene rings is 1. The van der Waals surface area contributed by atoms with Crippen molar-refractivity contribution in [3.8, 4) is 0 Å². The van der Waals surface area contributed by atoms with Crippen LogP contribution >= 0.6 is 27.3 Å². The minimum atomic E-state index is -3.75. The van der Waals surface area contributed by atoms with E-state index in [0.29, 0.717) is 0 Å². The van der Waals surface area contributed by atoms with Crippen molar-refractivity contribution in [2.75, 3.05) is 0 Å². The third-order valence-electron chi connectivity index (χ3n) is 2.78. The lowest BCUT2D eigenvalue weighted by Crippen LogP contribution is -2.26. The summed E-state index contributed by atoms with van der Waals surface area (Å²) in [5.74, 6) is -1.14. The Kier molecular flexibility index (Phi) is 4.82. The molecule has 0 aliphatic carbocycles. The van der Waals surface area contributed by atoms with E-state index in [-0.39, 0.29) is 9.77 Å². The number of nitrogens with one attached hydrogen (secondary N) is 1. The van der Waals surface area contributed by atoms with Crippen molar-refractivity contribution in [1.29, 1.82) is 0 Å². The second-order valence-corrected chi connectivity index (χ2v) is 7.89. The molecule has 1 heterocycles. The van der Waals surface area contributed by atoms with Gasteiger partial charge in [-0.25, -0.2) is 17.9 Å². The molecular weight excluding hydrogens is 378 g/mol. The first-order chi connectivity index (χ1) is 9.79. The summed E-state index contributed by atoms with van der Waals surface area (Å²) in [5, 5.41) is 10.2. The van der Waals surface area contributed by atoms with E-state index in [0.717, 1.165) is 27.4 Å². The zero-order chi connectivity index (χ0) is 15.6. The molecule has 0 radical (unpaired) electrons. The van der Waals surface area contributed by atoms with E-state index in [1.165, 1.54) is 5.38 Å². The molecule has 21 heavy (non-hydrogen) atoms. The quantitative estimate of drug-likeness (QED) is 0.821. The highest BCUT2D eigenvalue weighted by molar-refractivity contribution is 9.10. The van der Waals surface area contributed by atoms with Crippen LogP contribution in [0.25, 0.3) is 0 Å². The lowest BCUT2D eigenvalue weighted by atomic mass is 10.1. The Hall–Kier alpha value is -1.22. The average molecular weight is 390 g/mol. The lowest BCUT2D eigenvalue weighted by molar-refractivity contribution is 0.0702. The number of carboxylic acid groups (broad SMARTS) is 1. The molecule has 1 atom stereocenters. The lowest BCUT2D eigenvalue weighted by Gasteiger charge is -2.14. The molecule has 1 unspecified atom stereocenters. The van der Waals surface area contributed by atoms with Gasteiger partial charge in [0.25, 0.3) is 0 Å². The van der Waals surface area contributed by atoms with Gasteiger partial charge in [-0.15, -0.1) is 11.3 Å². The number of rotatable bonds is 5. The van der Waals surface area contributed by atoms with Crippen molar-refractivity contribution in [2.45, 2.75) is 17.9 Å². The molecular formula is C13H12BrNO4S2. The Morgan fingerprint density at radius 2 is 2.10 bits per heavy atom. The van der Waals surface area contributed by atoms with E-state index in [1.54, 1.807) is 6.92 Å². The molecule has 1 aromatic heterocycles. The van der Waals surface area contributed by atoms with Gasteiger partial charge in [-0.3, -0.25) is 0 Å². The molecule has 0 saturated heterocycles. The Balaban J connectivity index is 2.22. The maximum absolute atomic E-state index is 12.2. The zero-order valence-corrected chi connectivity index (χ0v) is 14.1. The first kappa shape index (κ1) is 16.2. The summed E-state index contributed by atoms with van der Waals surface area (Å²) in [6, 6.07) is 8.03. The molecule has 0 bridgehead atoms. The third-order valence-corrected chi connectivity index (χ3v) is 5.86. The predicted molar refractivity (Wildman–Crippen MR) is 84.2 cm³/mol. The summed E-state index contributed by atoms with van der Waals surface area (Å²) in [6.07, 6.45) is 0. The number of hydrogen-bond acceptors (Lipinski definition) is 4. The van der Waals surface area contributed by atoms with Crippen molar-refractivity contribution in [2.24, 2.45) is 0 Å². The summed E-state index contributed by atoms with van der Waals surface area (Å²) >= 11 is 4.22. The minimum absolute atomic E-state index is 0.00881. The first-order valence-electron chi connectivity index (χ1n) is 5.89. The fourth-order valence-corrected chi connectivity index (χ4v) is 4.48. The molecule has 112 valence electrons. The molecule has 5 nitrogen and oxygen atoms in total. The minimum Gasteiger partial charge on any atom is -0.477 e. The largest absolute Gasteiger partial charge is 0.477 e. The van der Waals surface area contributed by atoms with Crippen LogP contribution in [0.3, 0.4) is 0 Å². The van der Waals surface area contributed by atoms with Gasteiger partial charge in [0.1, 0.15) is 4.88 Å². The van der Waals surface area contributed by atoms with Gasteiger partial charge in [-0.2, -0.15) is 0 Å². The number of thiophene rings is 1. The van der Waals surface area contributed by atoms with E-state index in [4.69, 9.17) is 5.11 Å². The van der Waals surface area contributed by atoms with Crippen LogP contribution in [0.2, 0.25) is 0 Å². The molecule has 2 aromatic rings. The highest BCUT2D eigenvalue weighted by Gasteiger charge is 2.21. The Morgan fingerprint density at radius 3 is 2.67 bits per heavy atom. The molecule has 0 aliphatic rings. The average Bonchev–Trinajstić information content (AvgIpc) is 2.88. The summed E-state index contributed by atoms with van der Waals surface area (Å²) in [5.41, 5.74) is 0.807. The van der Waals surface area contributed by atoms with Crippen molar-refractivity contribution in [3.63, 3.8) is 0 Å². The Labute approximate surface area is 134 Å². The van der Waals surface area contributed by atoms with E-state index in [9.17, 15) is 13.2 Å². The van der Waals surface area contributed by atoms with Gasteiger partial charge in [0.05, 0.1) is 4.90 Å². The second-order valence-electron chi connectivity index (χ2n) is 4.35. The molecule has 0 spiro atoms. The number of carbonyl (C=O) groups is 1. The van der Waals surface area contributed by atoms with Gasteiger partial charge in [0.15, 0.2) is 0 Å². The monoisotopic (exact) mass is 389 g/mol. The molecule has 1 aromatic carbocycles. The number of carboxylic acids is 1. The summed E-state index contributed by atoms with van der Waals surface area (Å²) in [4.78, 5) is 10.8. The van der Waals surface area contributed by atoms with Gasteiger partial charge < -0.3 is 5.11 Å². The highest BCUT2D eigenvalue weighted by atomic mass is 79.9. The number of aromatic carboxylic acids is 1. The van der Waals surface area contributed by atoms with Crippen LogP contribution in [0.15, 0.2) is 45.1 Å². The van der Waals surface area contributed by atoms with Crippen molar-refractivity contribution >= 4 is 43.3 Å². The second kappa shape index (κ2) is 6.27. The van der Waals surface area contributed by atoms with Crippen molar-refractivity contribution < 1.29 is 18.3 Å². The summed E-state index contributed by atoms with van der Waals surface area (Å²) in [7, 11) is -3.75. The molecule has 0 amide bonds. The molecule has 0 saturated carbocycles. The number of halogens is 1. The van der Waals surface area contributed by atoms with Crippen LogP contribution < -0.4 is 4.72 Å². The van der Waals surface area contributed by atoms with Crippen molar-refractivity contribution in [3.05, 3.63) is 50.6 Å². The van der Waals surface area contributed by atoms with E-state index in [1.807, 2.05) is 24.3 Å². The normalized spacial score (nSPS) is 13.0. The van der Waals surface area contributed by atoms with Gasteiger partial charge in [-0.05, 0) is 30.7 Å². The first-order valence-corrected chi connectivity index (χ1v) is 9.05. The molecule has 2 rings (SSSR count). The van der Waals surface area contributed by atoms with Gasteiger partial charge in [-0.1, -0.05) is 28.1 Å². The molecule has 8 heteroatoms. The molecule has 0 fully saturated rings. The van der Waals surface area contributed by atoms with E-state index >= 15 is 0 Å². The van der Waals surface area contributed by atoms with Crippen LogP contribution in [0.1, 0.15) is 28.2 Å². The van der Waals surface area contributed by atoms with Gasteiger partial charge in [0, 0.05) is 15.9 Å². The van der Waals surface area contributed by atoms with Crippen LogP contribution in [-0.2, 0) is 10.0 Å². The molecule has 2 N–H and O–H groups in total. The predicted octanol–water partition coefficient (Wildman–Crippen LogP) is 3.25. The van der Waals surface area contributed by atoms with Crippen molar-refractivity contribution in [1.82, 2.24) is 4.72 Å². The van der Waals surface area contributed by atoms with Gasteiger partial charge >= 0.3 is 5.97 Å². The van der Waals surface area contributed by atoms with E-state index in [2.05, 4.69) is 20.7 Å². The number of sulfonamides is 1. The van der Waals surface area contributed by atoms with E-state index < -0.39 is 22.0 Å². The summed E-state index contributed by atoms with van der Waals surface area (Å²) < 4.78 is 27.8. The fraction of sp³-hybridized carbons (Fsp3) is 0.154. The maximum atomic E-state index is 12.2. The van der Waals surface area contributed by atoms with Crippen LogP contribution in [0, 0.1) is 0 Å². The van der Waals surface area contributed by atoms with Crippen LogP contribution in [-0.4, -0.2) is 19.5 Å². The number of hydrogen-bond donors (Lipinski definition) is 2. The SMILES string of the molecule is CC(NS(=O)(=O)c1csc(C(=O)O)c1)c1cccc(Br)c1. The maximum Gasteiger partial charge on any atom is 0.345 e. The van der Waals surface area contributed by atoms with Crippen LogP contribution in [0.5, 0.6) is 0 Å². The smallest absolute Gasteiger partial charge is 0.345 e. The third kappa shape index (κ3) is 3.91. The highest BCUT2D eigenvalue weighted by Crippen LogP contribution is 2.23. The summed E-state index contributed by atoms with van der Waals surface area (Å²) in [6.45, 7) is 1.73. The van der Waals surface area contributed by atoms with Crippen LogP contribution in [0.4, 0.5) is 0 Å². The Bertz CT molecular complexity index is 770. The zero-order valence-electron chi connectivity index (χ0n) is 10.9. The van der Waals surface area contributed by atoms with Gasteiger partial charge in [0.2, 0.25) is 10.0 Å². The molecule has 0 aliphatic heterocycles.